The Labute approximate surface area is 110 Å². The van der Waals surface area contributed by atoms with Crippen LogP contribution in [0.15, 0.2) is 34.8 Å². The zero-order valence-electron chi connectivity index (χ0n) is 9.87. The third-order valence-corrected chi connectivity index (χ3v) is 3.71. The molecule has 1 unspecified atom stereocenters. The highest BCUT2D eigenvalue weighted by atomic mass is 79.9. The normalized spacial score (nSPS) is 19.1. The first kappa shape index (κ1) is 12.4. The van der Waals surface area contributed by atoms with Crippen molar-refractivity contribution in [2.45, 2.75) is 26.2 Å². The molecule has 0 spiro atoms. The number of aryl methyl sites for hydroxylation is 1. The average molecular weight is 294 g/mol. The molecule has 0 saturated carbocycles. The molecule has 0 aliphatic heterocycles. The molecular weight excluding hydrogens is 278 g/mol. The number of allylic oxidation sites excluding steroid dienone is 2. The first-order chi connectivity index (χ1) is 8.16. The van der Waals surface area contributed by atoms with E-state index < -0.39 is 0 Å². The van der Waals surface area contributed by atoms with Gasteiger partial charge in [-0.3, -0.25) is 4.79 Å². The van der Waals surface area contributed by atoms with Crippen molar-refractivity contribution in [2.75, 3.05) is 5.32 Å². The Kier molecular flexibility index (Phi) is 4.00. The van der Waals surface area contributed by atoms with Crippen molar-refractivity contribution in [1.29, 1.82) is 0 Å². The summed E-state index contributed by atoms with van der Waals surface area (Å²) in [6, 6.07) is 5.97. The van der Waals surface area contributed by atoms with Crippen LogP contribution in [-0.2, 0) is 4.79 Å². The number of rotatable bonds is 2. The van der Waals surface area contributed by atoms with Gasteiger partial charge in [0.1, 0.15) is 0 Å². The van der Waals surface area contributed by atoms with E-state index in [9.17, 15) is 4.79 Å². The lowest BCUT2D eigenvalue weighted by molar-refractivity contribution is -0.120. The van der Waals surface area contributed by atoms with Crippen LogP contribution in [0.4, 0.5) is 5.69 Å². The highest BCUT2D eigenvalue weighted by Gasteiger charge is 2.19. The van der Waals surface area contributed by atoms with E-state index >= 15 is 0 Å². The highest BCUT2D eigenvalue weighted by molar-refractivity contribution is 9.10. The van der Waals surface area contributed by atoms with Gasteiger partial charge >= 0.3 is 0 Å². The Morgan fingerprint density at radius 3 is 2.94 bits per heavy atom. The minimum absolute atomic E-state index is 0.118. The van der Waals surface area contributed by atoms with Crippen molar-refractivity contribution in [2.24, 2.45) is 5.92 Å². The number of nitrogens with one attached hydrogen (secondary N) is 1. The molecule has 2 nitrogen and oxygen atoms in total. The van der Waals surface area contributed by atoms with E-state index in [0.29, 0.717) is 0 Å². The lowest BCUT2D eigenvalue weighted by atomic mass is 9.93. The Bertz CT molecular complexity index is 454. The van der Waals surface area contributed by atoms with Crippen molar-refractivity contribution in [3.05, 3.63) is 40.4 Å². The van der Waals surface area contributed by atoms with Gasteiger partial charge in [-0.05, 0) is 59.8 Å². The molecule has 1 atom stereocenters. The molecule has 0 fully saturated rings. The van der Waals surface area contributed by atoms with Crippen molar-refractivity contribution >= 4 is 27.5 Å². The standard InChI is InChI=1S/C14H16BrNO/c1-10-7-8-12(15)13(9-10)16-14(17)11-5-3-2-4-6-11/h2-3,7-9,11H,4-6H2,1H3,(H,16,17). The maximum atomic E-state index is 12.1. The van der Waals surface area contributed by atoms with E-state index in [1.807, 2.05) is 25.1 Å². The second-order valence-corrected chi connectivity index (χ2v) is 5.31. The Morgan fingerprint density at radius 2 is 2.24 bits per heavy atom. The smallest absolute Gasteiger partial charge is 0.227 e. The summed E-state index contributed by atoms with van der Waals surface area (Å²) in [6.45, 7) is 2.02. The predicted octanol–water partition coefficient (Wildman–Crippen LogP) is 4.05. The maximum Gasteiger partial charge on any atom is 0.227 e. The zero-order valence-corrected chi connectivity index (χ0v) is 11.5. The van der Waals surface area contributed by atoms with E-state index in [4.69, 9.17) is 0 Å². The van der Waals surface area contributed by atoms with E-state index in [1.54, 1.807) is 0 Å². The summed E-state index contributed by atoms with van der Waals surface area (Å²) in [7, 11) is 0. The van der Waals surface area contributed by atoms with E-state index in [-0.39, 0.29) is 11.8 Å². The van der Waals surface area contributed by atoms with Gasteiger partial charge in [0.25, 0.3) is 0 Å². The summed E-state index contributed by atoms with van der Waals surface area (Å²) < 4.78 is 0.933. The molecule has 0 heterocycles. The summed E-state index contributed by atoms with van der Waals surface area (Å²) in [4.78, 5) is 12.1. The lowest BCUT2D eigenvalue weighted by Gasteiger charge is -2.18. The highest BCUT2D eigenvalue weighted by Crippen LogP contribution is 2.26. The molecule has 3 heteroatoms. The number of carbonyl (C=O) groups is 1. The molecule has 0 saturated heterocycles. The Hall–Kier alpha value is -1.09. The van der Waals surface area contributed by atoms with Crippen LogP contribution in [0, 0.1) is 12.8 Å². The van der Waals surface area contributed by atoms with Crippen LogP contribution in [-0.4, -0.2) is 5.91 Å². The molecular formula is C14H16BrNO. The van der Waals surface area contributed by atoms with Crippen molar-refractivity contribution in [1.82, 2.24) is 0 Å². The van der Waals surface area contributed by atoms with Gasteiger partial charge in [-0.25, -0.2) is 0 Å². The van der Waals surface area contributed by atoms with Crippen LogP contribution in [0.1, 0.15) is 24.8 Å². The van der Waals surface area contributed by atoms with E-state index in [0.717, 1.165) is 35.0 Å². The number of anilines is 1. The largest absolute Gasteiger partial charge is 0.325 e. The van der Waals surface area contributed by atoms with Gasteiger partial charge in [-0.2, -0.15) is 0 Å². The van der Waals surface area contributed by atoms with Crippen molar-refractivity contribution < 1.29 is 4.79 Å². The molecule has 90 valence electrons. The fourth-order valence-electron chi connectivity index (χ4n) is 2.00. The van der Waals surface area contributed by atoms with Crippen LogP contribution >= 0.6 is 15.9 Å². The third kappa shape index (κ3) is 3.19. The van der Waals surface area contributed by atoms with Gasteiger partial charge in [0, 0.05) is 10.4 Å². The number of hydrogen-bond donors (Lipinski definition) is 1. The zero-order chi connectivity index (χ0) is 12.3. The fourth-order valence-corrected chi connectivity index (χ4v) is 2.35. The molecule has 1 aliphatic carbocycles. The molecule has 1 amide bonds. The van der Waals surface area contributed by atoms with Crippen LogP contribution in [0.5, 0.6) is 0 Å². The van der Waals surface area contributed by atoms with Crippen LogP contribution in [0.2, 0.25) is 0 Å². The molecule has 17 heavy (non-hydrogen) atoms. The number of carbonyl (C=O) groups excluding carboxylic acids is 1. The molecule has 0 radical (unpaired) electrons. The Balaban J connectivity index is 2.07. The van der Waals surface area contributed by atoms with Crippen molar-refractivity contribution in [3.63, 3.8) is 0 Å². The fraction of sp³-hybridized carbons (Fsp3) is 0.357. The van der Waals surface area contributed by atoms with Crippen LogP contribution < -0.4 is 5.32 Å². The quantitative estimate of drug-likeness (QED) is 0.819. The Morgan fingerprint density at radius 1 is 1.41 bits per heavy atom. The van der Waals surface area contributed by atoms with Crippen LogP contribution in [0.25, 0.3) is 0 Å². The SMILES string of the molecule is Cc1ccc(Br)c(NC(=O)C2CC=CCC2)c1. The molecule has 0 aromatic heterocycles. The molecule has 2 rings (SSSR count). The maximum absolute atomic E-state index is 12.1. The molecule has 1 aromatic rings. The second-order valence-electron chi connectivity index (χ2n) is 4.45. The lowest BCUT2D eigenvalue weighted by Crippen LogP contribution is -2.23. The van der Waals surface area contributed by atoms with Gasteiger partial charge in [0.05, 0.1) is 5.69 Å². The predicted molar refractivity (Wildman–Crippen MR) is 74.0 cm³/mol. The summed E-state index contributed by atoms with van der Waals surface area (Å²) >= 11 is 3.45. The second kappa shape index (κ2) is 5.50. The minimum atomic E-state index is 0.118. The molecule has 1 N–H and O–H groups in total. The third-order valence-electron chi connectivity index (χ3n) is 3.02. The van der Waals surface area contributed by atoms with Gasteiger partial charge in [0.2, 0.25) is 5.91 Å². The van der Waals surface area contributed by atoms with Crippen LogP contribution in [0.3, 0.4) is 0 Å². The first-order valence-electron chi connectivity index (χ1n) is 5.89. The monoisotopic (exact) mass is 293 g/mol. The number of benzene rings is 1. The van der Waals surface area contributed by atoms with E-state index in [2.05, 4.69) is 33.4 Å². The number of halogens is 1. The van der Waals surface area contributed by atoms with Gasteiger partial charge in [-0.1, -0.05) is 18.2 Å². The number of amides is 1. The van der Waals surface area contributed by atoms with Gasteiger partial charge in [0.15, 0.2) is 0 Å². The molecule has 1 aromatic carbocycles. The first-order valence-corrected chi connectivity index (χ1v) is 6.68. The molecule has 0 bridgehead atoms. The summed E-state index contributed by atoms with van der Waals surface area (Å²) in [6.07, 6.45) is 7.06. The summed E-state index contributed by atoms with van der Waals surface area (Å²) in [5.74, 6) is 0.244. The average Bonchev–Trinajstić information content (AvgIpc) is 2.35. The molecule has 1 aliphatic rings. The number of hydrogen-bond acceptors (Lipinski definition) is 1. The minimum Gasteiger partial charge on any atom is -0.325 e. The topological polar surface area (TPSA) is 29.1 Å². The summed E-state index contributed by atoms with van der Waals surface area (Å²) in [5.41, 5.74) is 2.01. The summed E-state index contributed by atoms with van der Waals surface area (Å²) in [5, 5.41) is 3.00. The van der Waals surface area contributed by atoms with Gasteiger partial charge in [-0.15, -0.1) is 0 Å². The van der Waals surface area contributed by atoms with E-state index in [1.165, 1.54) is 0 Å². The van der Waals surface area contributed by atoms with Crippen molar-refractivity contribution in [3.8, 4) is 0 Å². The van der Waals surface area contributed by atoms with Gasteiger partial charge < -0.3 is 5.32 Å².